The zero-order chi connectivity index (χ0) is 17.1. The van der Waals surface area contributed by atoms with E-state index in [1.54, 1.807) is 25.5 Å². The highest BCUT2D eigenvalue weighted by Crippen LogP contribution is 2.23. The molecule has 5 nitrogen and oxygen atoms in total. The van der Waals surface area contributed by atoms with E-state index in [2.05, 4.69) is 26.2 Å². The van der Waals surface area contributed by atoms with Crippen LogP contribution >= 0.6 is 27.3 Å². The summed E-state index contributed by atoms with van der Waals surface area (Å²) in [7, 11) is 1.61. The van der Waals surface area contributed by atoms with Crippen molar-refractivity contribution in [3.8, 4) is 0 Å². The van der Waals surface area contributed by atoms with Gasteiger partial charge in [0.25, 0.3) is 0 Å². The molecule has 0 unspecified atom stereocenters. The van der Waals surface area contributed by atoms with Gasteiger partial charge in [-0.3, -0.25) is 14.6 Å². The van der Waals surface area contributed by atoms with Gasteiger partial charge in [-0.05, 0) is 34.1 Å². The van der Waals surface area contributed by atoms with Crippen LogP contribution < -0.4 is 5.32 Å². The molecule has 3 aromatic rings. The summed E-state index contributed by atoms with van der Waals surface area (Å²) in [6.45, 7) is 0.391. The first-order valence-corrected chi connectivity index (χ1v) is 8.84. The lowest BCUT2D eigenvalue weighted by molar-refractivity contribution is -0.142. The molecule has 2 aromatic heterocycles. The molecule has 0 aliphatic heterocycles. The highest BCUT2D eigenvalue weighted by molar-refractivity contribution is 9.10. The number of nitrogens with zero attached hydrogens (tertiary/aromatic N) is 2. The van der Waals surface area contributed by atoms with Crippen molar-refractivity contribution in [1.29, 1.82) is 0 Å². The van der Waals surface area contributed by atoms with Gasteiger partial charge in [-0.1, -0.05) is 12.1 Å². The molecule has 122 valence electrons. The average molecular weight is 404 g/mol. The Balaban J connectivity index is 1.72. The largest absolute Gasteiger partial charge is 0.332 e. The van der Waals surface area contributed by atoms with Crippen molar-refractivity contribution >= 4 is 55.5 Å². The number of anilines is 1. The number of pyridine rings is 1. The quantitative estimate of drug-likeness (QED) is 0.678. The maximum Gasteiger partial charge on any atom is 0.313 e. The SMILES string of the molecule is CN(Cc1cc(Br)cs1)C(=O)C(=O)Nc1cccc2cnccc12. The molecular weight excluding hydrogens is 390 g/mol. The van der Waals surface area contributed by atoms with E-state index in [1.807, 2.05) is 29.6 Å². The number of fused-ring (bicyclic) bond motifs is 1. The normalized spacial score (nSPS) is 10.6. The van der Waals surface area contributed by atoms with Crippen molar-refractivity contribution in [3.63, 3.8) is 0 Å². The van der Waals surface area contributed by atoms with Crippen molar-refractivity contribution in [2.45, 2.75) is 6.54 Å². The van der Waals surface area contributed by atoms with Crippen LogP contribution in [0.15, 0.2) is 52.6 Å². The lowest BCUT2D eigenvalue weighted by atomic mass is 10.1. The van der Waals surface area contributed by atoms with Crippen LogP contribution in [-0.2, 0) is 16.1 Å². The van der Waals surface area contributed by atoms with E-state index < -0.39 is 11.8 Å². The van der Waals surface area contributed by atoms with Gasteiger partial charge in [0.15, 0.2) is 0 Å². The molecule has 2 heterocycles. The number of nitrogens with one attached hydrogen (secondary N) is 1. The van der Waals surface area contributed by atoms with Gasteiger partial charge in [0.2, 0.25) is 0 Å². The van der Waals surface area contributed by atoms with Crippen LogP contribution in [0, 0.1) is 0 Å². The molecule has 0 radical (unpaired) electrons. The van der Waals surface area contributed by atoms with Gasteiger partial charge >= 0.3 is 11.8 Å². The topological polar surface area (TPSA) is 62.3 Å². The van der Waals surface area contributed by atoms with Gasteiger partial charge in [0.05, 0.1) is 6.54 Å². The number of likely N-dealkylation sites (N-methyl/N-ethyl adjacent to an activating group) is 1. The Morgan fingerprint density at radius 2 is 2.17 bits per heavy atom. The minimum atomic E-state index is -0.655. The van der Waals surface area contributed by atoms with E-state index in [4.69, 9.17) is 0 Å². The minimum absolute atomic E-state index is 0.391. The molecule has 3 rings (SSSR count). The zero-order valence-electron chi connectivity index (χ0n) is 12.8. The second-order valence-electron chi connectivity index (χ2n) is 5.25. The van der Waals surface area contributed by atoms with Gasteiger partial charge < -0.3 is 10.2 Å². The van der Waals surface area contributed by atoms with Crippen molar-refractivity contribution < 1.29 is 9.59 Å². The fraction of sp³-hybridized carbons (Fsp3) is 0.118. The summed E-state index contributed by atoms with van der Waals surface area (Å²) in [6.07, 6.45) is 3.37. The first kappa shape index (κ1) is 16.6. The summed E-state index contributed by atoms with van der Waals surface area (Å²) in [6, 6.07) is 9.23. The average Bonchev–Trinajstić information content (AvgIpc) is 2.99. The molecule has 7 heteroatoms. The fourth-order valence-electron chi connectivity index (χ4n) is 2.32. The standard InChI is InChI=1S/C17H14BrN3O2S/c1-21(9-13-7-12(18)10-24-13)17(23)16(22)20-15-4-2-3-11-8-19-6-5-14(11)15/h2-8,10H,9H2,1H3,(H,20,22). The number of amides is 2. The van der Waals surface area contributed by atoms with E-state index in [9.17, 15) is 9.59 Å². The van der Waals surface area contributed by atoms with Crippen LogP contribution in [0.3, 0.4) is 0 Å². The van der Waals surface area contributed by atoms with Crippen LogP contribution in [-0.4, -0.2) is 28.7 Å². The van der Waals surface area contributed by atoms with Gasteiger partial charge in [0.1, 0.15) is 0 Å². The maximum absolute atomic E-state index is 12.3. The minimum Gasteiger partial charge on any atom is -0.332 e. The van der Waals surface area contributed by atoms with E-state index in [0.29, 0.717) is 12.2 Å². The fourth-order valence-corrected chi connectivity index (χ4v) is 3.83. The molecule has 0 bridgehead atoms. The van der Waals surface area contributed by atoms with Crippen LogP contribution in [0.1, 0.15) is 4.88 Å². The number of carbonyl (C=O) groups excluding carboxylic acids is 2. The number of rotatable bonds is 3. The summed E-state index contributed by atoms with van der Waals surface area (Å²) in [5.74, 6) is -1.23. The number of aromatic nitrogens is 1. The molecule has 1 N–H and O–H groups in total. The maximum atomic E-state index is 12.3. The molecular formula is C17H14BrN3O2S. The summed E-state index contributed by atoms with van der Waals surface area (Å²) >= 11 is 4.91. The second-order valence-corrected chi connectivity index (χ2v) is 7.16. The van der Waals surface area contributed by atoms with E-state index in [0.717, 1.165) is 20.1 Å². The highest BCUT2D eigenvalue weighted by atomic mass is 79.9. The molecule has 24 heavy (non-hydrogen) atoms. The first-order valence-electron chi connectivity index (χ1n) is 7.16. The lowest BCUT2D eigenvalue weighted by Crippen LogP contribution is -2.36. The molecule has 0 atom stereocenters. The van der Waals surface area contributed by atoms with Crippen molar-refractivity contribution in [2.24, 2.45) is 0 Å². The summed E-state index contributed by atoms with van der Waals surface area (Å²) in [5, 5.41) is 6.38. The number of thiophene rings is 1. The number of carbonyl (C=O) groups is 2. The van der Waals surface area contributed by atoms with Gasteiger partial charge in [-0.2, -0.15) is 0 Å². The van der Waals surface area contributed by atoms with E-state index in [-0.39, 0.29) is 0 Å². The van der Waals surface area contributed by atoms with Crippen LogP contribution in [0.5, 0.6) is 0 Å². The summed E-state index contributed by atoms with van der Waals surface area (Å²) in [5.41, 5.74) is 0.598. The monoisotopic (exact) mass is 403 g/mol. The first-order chi connectivity index (χ1) is 11.5. The molecule has 1 aromatic carbocycles. The Kier molecular flexibility index (Phi) is 4.92. The highest BCUT2D eigenvalue weighted by Gasteiger charge is 2.20. The Bertz CT molecular complexity index is 904. The second kappa shape index (κ2) is 7.11. The molecule has 0 aliphatic carbocycles. The van der Waals surface area contributed by atoms with Gasteiger partial charge in [-0.25, -0.2) is 0 Å². The molecule has 0 saturated carbocycles. The number of hydrogen-bond acceptors (Lipinski definition) is 4. The van der Waals surface area contributed by atoms with E-state index in [1.165, 1.54) is 16.2 Å². The molecule has 0 saturated heterocycles. The molecule has 2 amide bonds. The van der Waals surface area contributed by atoms with Crippen molar-refractivity contribution in [1.82, 2.24) is 9.88 Å². The van der Waals surface area contributed by atoms with E-state index >= 15 is 0 Å². The van der Waals surface area contributed by atoms with Gasteiger partial charge in [0, 0.05) is 50.6 Å². The Hall–Kier alpha value is -2.25. The molecule has 0 aliphatic rings. The Morgan fingerprint density at radius 1 is 1.33 bits per heavy atom. The third-order valence-electron chi connectivity index (χ3n) is 3.48. The zero-order valence-corrected chi connectivity index (χ0v) is 15.2. The Labute approximate surface area is 151 Å². The number of benzene rings is 1. The predicted molar refractivity (Wildman–Crippen MR) is 98.9 cm³/mol. The third kappa shape index (κ3) is 3.63. The van der Waals surface area contributed by atoms with Crippen LogP contribution in [0.25, 0.3) is 10.8 Å². The van der Waals surface area contributed by atoms with Crippen molar-refractivity contribution in [2.75, 3.05) is 12.4 Å². The third-order valence-corrected chi connectivity index (χ3v) is 5.17. The molecule has 0 fully saturated rings. The summed E-state index contributed by atoms with van der Waals surface area (Å²) < 4.78 is 0.970. The lowest BCUT2D eigenvalue weighted by Gasteiger charge is -2.16. The predicted octanol–water partition coefficient (Wildman–Crippen LogP) is 3.66. The van der Waals surface area contributed by atoms with Crippen LogP contribution in [0.4, 0.5) is 5.69 Å². The molecule has 0 spiro atoms. The Morgan fingerprint density at radius 3 is 2.92 bits per heavy atom. The van der Waals surface area contributed by atoms with Crippen LogP contribution in [0.2, 0.25) is 0 Å². The summed E-state index contributed by atoms with van der Waals surface area (Å²) in [4.78, 5) is 31.0. The number of halogens is 1. The van der Waals surface area contributed by atoms with Gasteiger partial charge in [-0.15, -0.1) is 11.3 Å². The smallest absolute Gasteiger partial charge is 0.313 e. The number of hydrogen-bond donors (Lipinski definition) is 1. The van der Waals surface area contributed by atoms with Crippen molar-refractivity contribution in [3.05, 3.63) is 57.5 Å².